The lowest BCUT2D eigenvalue weighted by Gasteiger charge is -2.18. The average molecular weight is 700 g/mol. The number of hydrogen-bond donors (Lipinski definition) is 2. The normalized spacial score (nSPS) is 11.6. The van der Waals surface area contributed by atoms with Crippen LogP contribution in [0, 0.1) is 87.3 Å². The van der Waals surface area contributed by atoms with E-state index in [2.05, 4.69) is 0 Å². The maximum absolute atomic E-state index is 15.0. The summed E-state index contributed by atoms with van der Waals surface area (Å²) in [6.45, 7) is 0. The van der Waals surface area contributed by atoms with Gasteiger partial charge in [0.2, 0.25) is 29.0 Å². The number of hydrogen-bond acceptors (Lipinski definition) is 2. The molecule has 0 bridgehead atoms. The number of aromatic amines is 2. The largest absolute Gasteiger partial charge is 0.358 e. The molecule has 3 aromatic carbocycles. The van der Waals surface area contributed by atoms with Gasteiger partial charge < -0.3 is 9.97 Å². The number of aromatic nitrogens is 2. The van der Waals surface area contributed by atoms with Gasteiger partial charge in [-0.1, -0.05) is 0 Å². The van der Waals surface area contributed by atoms with Gasteiger partial charge in [-0.2, -0.15) is 0 Å². The Hall–Kier alpha value is -5.49. The van der Waals surface area contributed by atoms with Crippen molar-refractivity contribution in [3.8, 4) is 0 Å². The van der Waals surface area contributed by atoms with Gasteiger partial charge in [-0.25, -0.2) is 65.9 Å². The molecule has 0 amide bonds. The van der Waals surface area contributed by atoms with Gasteiger partial charge in [0.05, 0.1) is 11.4 Å². The highest BCUT2D eigenvalue weighted by Crippen LogP contribution is 2.39. The smallest absolute Gasteiger partial charge is 0.215 e. The molecule has 4 nitrogen and oxygen atoms in total. The van der Waals surface area contributed by atoms with Crippen molar-refractivity contribution in [2.45, 2.75) is 5.92 Å². The molecule has 0 aliphatic heterocycles. The fourth-order valence-corrected chi connectivity index (χ4v) is 4.70. The lowest BCUT2D eigenvalue weighted by Crippen LogP contribution is -2.15. The first-order valence-electron chi connectivity index (χ1n) is 12.4. The van der Waals surface area contributed by atoms with Crippen LogP contribution in [0.4, 0.5) is 65.9 Å². The molecule has 2 heterocycles. The van der Waals surface area contributed by atoms with Crippen LogP contribution in [0.15, 0.2) is 24.5 Å². The number of carbonyl (C=O) groups excluding carboxylic acids is 2. The van der Waals surface area contributed by atoms with Crippen LogP contribution in [0.1, 0.15) is 54.7 Å². The second-order valence-corrected chi connectivity index (χ2v) is 9.66. The first-order chi connectivity index (χ1) is 22.4. The van der Waals surface area contributed by atoms with E-state index < -0.39 is 144 Å². The van der Waals surface area contributed by atoms with E-state index in [1.807, 2.05) is 9.97 Å². The molecule has 0 radical (unpaired) electrons. The van der Waals surface area contributed by atoms with Crippen molar-refractivity contribution in [1.29, 1.82) is 0 Å². The van der Waals surface area contributed by atoms with E-state index in [1.165, 1.54) is 0 Å². The first-order valence-corrected chi connectivity index (χ1v) is 12.4. The second-order valence-electron chi connectivity index (χ2n) is 9.66. The molecule has 2 N–H and O–H groups in total. The third-order valence-corrected chi connectivity index (χ3v) is 6.97. The van der Waals surface area contributed by atoms with Crippen molar-refractivity contribution in [2.75, 3.05) is 0 Å². The molecule has 0 aliphatic rings. The van der Waals surface area contributed by atoms with Crippen molar-refractivity contribution in [3.63, 3.8) is 0 Å². The summed E-state index contributed by atoms with van der Waals surface area (Å²) < 4.78 is 211. The third-order valence-electron chi connectivity index (χ3n) is 6.97. The quantitative estimate of drug-likeness (QED) is 0.0781. The van der Waals surface area contributed by atoms with Crippen molar-refractivity contribution in [3.05, 3.63) is 151 Å². The average Bonchev–Trinajstić information content (AvgIpc) is 3.76. The lowest BCUT2D eigenvalue weighted by atomic mass is 9.86. The van der Waals surface area contributed by atoms with Crippen LogP contribution in [0.5, 0.6) is 0 Å². The maximum Gasteiger partial charge on any atom is 0.215 e. The minimum Gasteiger partial charge on any atom is -0.358 e. The van der Waals surface area contributed by atoms with Gasteiger partial charge in [-0.15, -0.1) is 0 Å². The summed E-state index contributed by atoms with van der Waals surface area (Å²) in [7, 11) is 0. The van der Waals surface area contributed by atoms with E-state index in [9.17, 15) is 66.7 Å². The summed E-state index contributed by atoms with van der Waals surface area (Å²) >= 11 is 0. The molecule has 5 rings (SSSR count). The molecule has 5 aromatic rings. The fraction of sp³-hybridized carbons (Fsp3) is 0.0345. The van der Waals surface area contributed by atoms with Crippen molar-refractivity contribution < 1.29 is 75.4 Å². The van der Waals surface area contributed by atoms with Gasteiger partial charge in [-0.3, -0.25) is 9.59 Å². The predicted octanol–water partition coefficient (Wildman–Crippen LogP) is 8.07. The Morgan fingerprint density at radius 3 is 0.938 bits per heavy atom. The Bertz CT molecular complexity index is 2000. The van der Waals surface area contributed by atoms with Crippen molar-refractivity contribution >= 4 is 11.6 Å². The van der Waals surface area contributed by atoms with Gasteiger partial charge in [0.1, 0.15) is 11.1 Å². The number of ketones is 2. The van der Waals surface area contributed by atoms with E-state index in [4.69, 9.17) is 0 Å². The van der Waals surface area contributed by atoms with Gasteiger partial charge in [0.25, 0.3) is 0 Å². The summed E-state index contributed by atoms with van der Waals surface area (Å²) in [4.78, 5) is 29.5. The Morgan fingerprint density at radius 2 is 0.646 bits per heavy atom. The van der Waals surface area contributed by atoms with E-state index in [1.54, 1.807) is 0 Å². The molecule has 0 spiro atoms. The molecule has 250 valence electrons. The molecule has 2 aromatic heterocycles. The SMILES string of the molecule is O=C(c1cc(C(c2c[nH]c(C(=O)c3c(F)c(F)c(F)c(F)c3F)c2)c2c(F)c(F)c(F)c(F)c2F)c[nH]1)c1c(F)c(F)c(F)c(F)c1F. The Labute approximate surface area is 254 Å². The Balaban J connectivity index is 1.70. The Morgan fingerprint density at radius 1 is 0.396 bits per heavy atom. The summed E-state index contributed by atoms with van der Waals surface area (Å²) in [5, 5.41) is 0. The van der Waals surface area contributed by atoms with Crippen LogP contribution < -0.4 is 0 Å². The van der Waals surface area contributed by atoms with Gasteiger partial charge in [0, 0.05) is 23.9 Å². The van der Waals surface area contributed by atoms with Crippen LogP contribution in [0.2, 0.25) is 0 Å². The van der Waals surface area contributed by atoms with Crippen molar-refractivity contribution in [1.82, 2.24) is 9.97 Å². The molecule has 0 saturated carbocycles. The second kappa shape index (κ2) is 11.9. The minimum absolute atomic E-state index is 0.418. The van der Waals surface area contributed by atoms with E-state index in [-0.39, 0.29) is 0 Å². The molecule has 0 atom stereocenters. The van der Waals surface area contributed by atoms with E-state index in [0.29, 0.717) is 24.5 Å². The third kappa shape index (κ3) is 5.00. The van der Waals surface area contributed by atoms with Gasteiger partial charge in [0.15, 0.2) is 69.8 Å². The number of carbonyl (C=O) groups is 2. The van der Waals surface area contributed by atoms with Gasteiger partial charge in [-0.05, 0) is 23.3 Å². The van der Waals surface area contributed by atoms with Crippen LogP contribution in [-0.2, 0) is 0 Å². The zero-order valence-corrected chi connectivity index (χ0v) is 22.4. The highest BCUT2D eigenvalue weighted by atomic mass is 19.2. The zero-order chi connectivity index (χ0) is 35.7. The van der Waals surface area contributed by atoms with Crippen LogP contribution >= 0.6 is 0 Å². The number of nitrogens with one attached hydrogen (secondary N) is 2. The lowest BCUT2D eigenvalue weighted by molar-refractivity contribution is 0.101. The van der Waals surface area contributed by atoms with Crippen LogP contribution in [0.3, 0.4) is 0 Å². The maximum atomic E-state index is 15.0. The Kier molecular flexibility index (Phi) is 8.43. The highest BCUT2D eigenvalue weighted by Gasteiger charge is 2.36. The topological polar surface area (TPSA) is 65.7 Å². The summed E-state index contributed by atoms with van der Waals surface area (Å²) in [6, 6.07) is 0.837. The number of benzene rings is 3. The molecular formula is C29H7F15N2O2. The van der Waals surface area contributed by atoms with Crippen LogP contribution in [0.25, 0.3) is 0 Å². The van der Waals surface area contributed by atoms with Crippen molar-refractivity contribution in [2.24, 2.45) is 0 Å². The number of rotatable bonds is 7. The molecule has 0 aliphatic carbocycles. The minimum atomic E-state index is -2.65. The van der Waals surface area contributed by atoms with Gasteiger partial charge >= 0.3 is 0 Å². The molecule has 48 heavy (non-hydrogen) atoms. The standard InChI is InChI=1S/C29H7F15N2O2/c30-13-10(14(31)20(37)25(42)19(13)36)9(5-1-7(45-3-5)28(47)11-15(32)21(38)26(43)22(39)16(11)33)6-2-8(46-4-6)29(48)12-17(34)23(40)27(44)24(41)18(12)35/h1-4,9,45-46H. The molecular weight excluding hydrogens is 693 g/mol. The molecule has 0 unspecified atom stereocenters. The van der Waals surface area contributed by atoms with E-state index in [0.717, 1.165) is 0 Å². The highest BCUT2D eigenvalue weighted by molar-refractivity contribution is 6.09. The first kappa shape index (κ1) is 33.9. The molecule has 19 heteroatoms. The molecule has 0 saturated heterocycles. The monoisotopic (exact) mass is 700 g/mol. The summed E-state index contributed by atoms with van der Waals surface area (Å²) in [5.41, 5.74) is -9.49. The number of halogens is 15. The predicted molar refractivity (Wildman–Crippen MR) is 128 cm³/mol. The van der Waals surface area contributed by atoms with Crippen LogP contribution in [-0.4, -0.2) is 21.5 Å². The molecule has 0 fully saturated rings. The summed E-state index contributed by atoms with van der Waals surface area (Å²) in [5.74, 6) is -44.9. The number of H-pyrrole nitrogens is 2. The summed E-state index contributed by atoms with van der Waals surface area (Å²) in [6.07, 6.45) is 1.08. The zero-order valence-electron chi connectivity index (χ0n) is 22.4. The fourth-order valence-electron chi connectivity index (χ4n) is 4.70. The van der Waals surface area contributed by atoms with E-state index >= 15 is 8.78 Å².